The summed E-state index contributed by atoms with van der Waals surface area (Å²) in [5.74, 6) is 0.728. The Labute approximate surface area is 123 Å². The zero-order chi connectivity index (χ0) is 14.7. The Bertz CT molecular complexity index is 727. The van der Waals surface area contributed by atoms with Gasteiger partial charge in [0.15, 0.2) is 5.82 Å². The van der Waals surface area contributed by atoms with Crippen LogP contribution in [0.15, 0.2) is 30.5 Å². The molecule has 3 rings (SSSR count). The van der Waals surface area contributed by atoms with Crippen LogP contribution in [0.5, 0.6) is 0 Å². The van der Waals surface area contributed by atoms with Crippen LogP contribution in [0.25, 0.3) is 10.9 Å². The van der Waals surface area contributed by atoms with Gasteiger partial charge in [0, 0.05) is 17.1 Å². The Morgan fingerprint density at radius 3 is 2.81 bits per heavy atom. The highest BCUT2D eigenvalue weighted by Crippen LogP contribution is 2.23. The average molecular weight is 284 g/mol. The molecule has 2 aromatic heterocycles. The fraction of sp³-hybridized carbons (Fsp3) is 0.400. The van der Waals surface area contributed by atoms with E-state index < -0.39 is 0 Å². The van der Waals surface area contributed by atoms with Gasteiger partial charge in [-0.05, 0) is 42.7 Å². The van der Waals surface area contributed by atoms with Crippen molar-refractivity contribution in [3.63, 3.8) is 0 Å². The summed E-state index contributed by atoms with van der Waals surface area (Å²) in [5.41, 5.74) is 8.16. The SMILES string of the molecule is Cn1nnc(Cn2cc(CCCCN)c3ccccc32)n1. The monoisotopic (exact) mass is 284 g/mol. The predicted molar refractivity (Wildman–Crippen MR) is 81.8 cm³/mol. The maximum Gasteiger partial charge on any atom is 0.194 e. The Morgan fingerprint density at radius 2 is 2.05 bits per heavy atom. The lowest BCUT2D eigenvalue weighted by atomic mass is 10.1. The van der Waals surface area contributed by atoms with Crippen molar-refractivity contribution in [2.75, 3.05) is 6.54 Å². The minimum atomic E-state index is 0.644. The van der Waals surface area contributed by atoms with E-state index in [-0.39, 0.29) is 0 Å². The molecule has 1 aromatic carbocycles. The Morgan fingerprint density at radius 1 is 1.19 bits per heavy atom. The van der Waals surface area contributed by atoms with Gasteiger partial charge >= 0.3 is 0 Å². The molecule has 0 radical (unpaired) electrons. The van der Waals surface area contributed by atoms with Gasteiger partial charge in [-0.15, -0.1) is 10.2 Å². The topological polar surface area (TPSA) is 74.5 Å². The Kier molecular flexibility index (Phi) is 3.96. The molecule has 0 fully saturated rings. The summed E-state index contributed by atoms with van der Waals surface area (Å²) >= 11 is 0. The van der Waals surface area contributed by atoms with Gasteiger partial charge in [0.05, 0.1) is 13.6 Å². The minimum Gasteiger partial charge on any atom is -0.339 e. The maximum absolute atomic E-state index is 5.58. The molecule has 0 aliphatic rings. The van der Waals surface area contributed by atoms with E-state index in [1.165, 1.54) is 21.3 Å². The third-order valence-electron chi connectivity index (χ3n) is 3.63. The van der Waals surface area contributed by atoms with E-state index in [4.69, 9.17) is 5.73 Å². The van der Waals surface area contributed by atoms with E-state index in [0.29, 0.717) is 6.54 Å². The standard InChI is InChI=1S/C15H20N6/c1-20-18-15(17-19-20)11-21-10-12(6-4-5-9-16)13-7-2-3-8-14(13)21/h2-3,7-8,10H,4-6,9,11,16H2,1H3. The van der Waals surface area contributed by atoms with Crippen molar-refractivity contribution in [1.29, 1.82) is 0 Å². The van der Waals surface area contributed by atoms with Crippen LogP contribution in [-0.4, -0.2) is 31.3 Å². The fourth-order valence-corrected chi connectivity index (χ4v) is 2.65. The molecule has 0 spiro atoms. The lowest BCUT2D eigenvalue weighted by Crippen LogP contribution is -2.01. The van der Waals surface area contributed by atoms with Gasteiger partial charge in [-0.1, -0.05) is 18.2 Å². The van der Waals surface area contributed by atoms with E-state index in [1.807, 2.05) is 0 Å². The lowest BCUT2D eigenvalue weighted by molar-refractivity contribution is 0.625. The molecular formula is C15H20N6. The number of benzene rings is 1. The number of rotatable bonds is 6. The van der Waals surface area contributed by atoms with Crippen LogP contribution in [0.1, 0.15) is 24.2 Å². The second-order valence-electron chi connectivity index (χ2n) is 5.24. The number of fused-ring (bicyclic) bond motifs is 1. The highest BCUT2D eigenvalue weighted by Gasteiger charge is 2.10. The van der Waals surface area contributed by atoms with Gasteiger partial charge in [0.25, 0.3) is 0 Å². The van der Waals surface area contributed by atoms with E-state index in [0.717, 1.165) is 31.6 Å². The van der Waals surface area contributed by atoms with E-state index in [2.05, 4.69) is 50.4 Å². The van der Waals surface area contributed by atoms with Crippen LogP contribution in [0.4, 0.5) is 0 Å². The number of tetrazole rings is 1. The van der Waals surface area contributed by atoms with Crippen LogP contribution in [0.2, 0.25) is 0 Å². The largest absolute Gasteiger partial charge is 0.339 e. The number of para-hydroxylation sites is 1. The number of hydrogen-bond donors (Lipinski definition) is 1. The second-order valence-corrected chi connectivity index (χ2v) is 5.24. The van der Waals surface area contributed by atoms with Crippen molar-refractivity contribution in [2.45, 2.75) is 25.8 Å². The van der Waals surface area contributed by atoms with Crippen LogP contribution in [-0.2, 0) is 20.0 Å². The van der Waals surface area contributed by atoms with Crippen LogP contribution >= 0.6 is 0 Å². The molecule has 0 atom stereocenters. The molecule has 6 nitrogen and oxygen atoms in total. The summed E-state index contributed by atoms with van der Waals surface area (Å²) in [7, 11) is 1.78. The number of nitrogens with zero attached hydrogens (tertiary/aromatic N) is 5. The smallest absolute Gasteiger partial charge is 0.194 e. The molecule has 110 valence electrons. The minimum absolute atomic E-state index is 0.644. The number of unbranched alkanes of at least 4 members (excludes halogenated alkanes) is 1. The normalized spacial score (nSPS) is 11.3. The van der Waals surface area contributed by atoms with E-state index in [9.17, 15) is 0 Å². The van der Waals surface area contributed by atoms with Crippen molar-refractivity contribution >= 4 is 10.9 Å². The third kappa shape index (κ3) is 2.95. The first kappa shape index (κ1) is 13.8. The molecule has 6 heteroatoms. The molecule has 0 aliphatic carbocycles. The summed E-state index contributed by atoms with van der Waals surface area (Å²) in [6.07, 6.45) is 5.44. The Hall–Kier alpha value is -2.21. The highest BCUT2D eigenvalue weighted by molar-refractivity contribution is 5.84. The molecule has 0 saturated carbocycles. The zero-order valence-corrected chi connectivity index (χ0v) is 12.2. The van der Waals surface area contributed by atoms with Crippen molar-refractivity contribution in [3.05, 3.63) is 41.9 Å². The molecular weight excluding hydrogens is 264 g/mol. The summed E-state index contributed by atoms with van der Waals surface area (Å²) in [5, 5.41) is 13.5. The highest BCUT2D eigenvalue weighted by atomic mass is 15.6. The second kappa shape index (κ2) is 6.05. The molecule has 3 aromatic rings. The zero-order valence-electron chi connectivity index (χ0n) is 12.2. The summed E-state index contributed by atoms with van der Waals surface area (Å²) < 4.78 is 2.20. The Balaban J connectivity index is 1.90. The van der Waals surface area contributed by atoms with Crippen molar-refractivity contribution < 1.29 is 0 Å². The number of aromatic nitrogens is 5. The molecule has 0 bridgehead atoms. The quantitative estimate of drug-likeness (QED) is 0.696. The van der Waals surface area contributed by atoms with Gasteiger partial charge in [0.2, 0.25) is 0 Å². The number of aryl methyl sites for hydroxylation is 2. The fourth-order valence-electron chi connectivity index (χ4n) is 2.65. The van der Waals surface area contributed by atoms with Gasteiger partial charge < -0.3 is 10.3 Å². The van der Waals surface area contributed by atoms with Gasteiger partial charge in [-0.3, -0.25) is 0 Å². The first-order valence-corrected chi connectivity index (χ1v) is 7.27. The van der Waals surface area contributed by atoms with Gasteiger partial charge in [-0.2, -0.15) is 4.80 Å². The first-order chi connectivity index (χ1) is 10.3. The van der Waals surface area contributed by atoms with Crippen molar-refractivity contribution in [3.8, 4) is 0 Å². The molecule has 2 heterocycles. The molecule has 0 amide bonds. The van der Waals surface area contributed by atoms with E-state index in [1.54, 1.807) is 7.05 Å². The first-order valence-electron chi connectivity index (χ1n) is 7.27. The van der Waals surface area contributed by atoms with Crippen LogP contribution < -0.4 is 5.73 Å². The number of hydrogen-bond acceptors (Lipinski definition) is 4. The summed E-state index contributed by atoms with van der Waals surface area (Å²) in [6, 6.07) is 8.46. The molecule has 2 N–H and O–H groups in total. The van der Waals surface area contributed by atoms with Gasteiger partial charge in [-0.25, -0.2) is 0 Å². The number of nitrogens with two attached hydrogens (primary N) is 1. The van der Waals surface area contributed by atoms with Crippen molar-refractivity contribution in [2.24, 2.45) is 12.8 Å². The summed E-state index contributed by atoms with van der Waals surface area (Å²) in [4.78, 5) is 1.49. The third-order valence-corrected chi connectivity index (χ3v) is 3.63. The average Bonchev–Trinajstić information content (AvgIpc) is 3.05. The predicted octanol–water partition coefficient (Wildman–Crippen LogP) is 1.49. The molecule has 0 unspecified atom stereocenters. The lowest BCUT2D eigenvalue weighted by Gasteiger charge is -2.00. The van der Waals surface area contributed by atoms with Gasteiger partial charge in [0.1, 0.15) is 0 Å². The van der Waals surface area contributed by atoms with E-state index >= 15 is 0 Å². The molecule has 21 heavy (non-hydrogen) atoms. The van der Waals surface area contributed by atoms with Crippen molar-refractivity contribution in [1.82, 2.24) is 24.8 Å². The molecule has 0 saturated heterocycles. The van der Waals surface area contributed by atoms with Crippen LogP contribution in [0, 0.1) is 0 Å². The maximum atomic E-state index is 5.58. The summed E-state index contributed by atoms with van der Waals surface area (Å²) in [6.45, 7) is 1.40. The van der Waals surface area contributed by atoms with Crippen LogP contribution in [0.3, 0.4) is 0 Å². The molecule has 0 aliphatic heterocycles.